The molecule has 1 heterocycles. The number of hydrogen-bond donors (Lipinski definition) is 2. The Balaban J connectivity index is 2.04. The first-order chi connectivity index (χ1) is 9.61. The van der Waals surface area contributed by atoms with Crippen LogP contribution in [0.1, 0.15) is 20.3 Å². The lowest BCUT2D eigenvalue weighted by molar-refractivity contribution is -0.122. The molecule has 0 saturated carbocycles. The maximum Gasteiger partial charge on any atom is 0.240 e. The van der Waals surface area contributed by atoms with Crippen LogP contribution in [0.2, 0.25) is 0 Å². The summed E-state index contributed by atoms with van der Waals surface area (Å²) in [5.74, 6) is 0.242. The standard InChI is InChI=1S/C15H21N3O2/c1-11(2)12(7-8-19)17-15(20)9-18-10-16-13-5-3-4-6-14(13)18/h3-6,10-12,19H,7-9H2,1-2H3,(H,17,20). The predicted octanol–water partition coefficient (Wildman–Crippen LogP) is 1.56. The van der Waals surface area contributed by atoms with Gasteiger partial charge in [0.2, 0.25) is 5.91 Å². The van der Waals surface area contributed by atoms with Crippen LogP contribution < -0.4 is 5.32 Å². The molecule has 1 aromatic heterocycles. The van der Waals surface area contributed by atoms with E-state index in [1.807, 2.05) is 42.7 Å². The summed E-state index contributed by atoms with van der Waals surface area (Å²) in [6.07, 6.45) is 2.26. The van der Waals surface area contributed by atoms with Crippen LogP contribution in [0.3, 0.4) is 0 Å². The number of rotatable bonds is 6. The summed E-state index contributed by atoms with van der Waals surface area (Å²) in [5, 5.41) is 12.0. The molecule has 0 radical (unpaired) electrons. The monoisotopic (exact) mass is 275 g/mol. The highest BCUT2D eigenvalue weighted by Crippen LogP contribution is 2.12. The lowest BCUT2D eigenvalue weighted by Crippen LogP contribution is -2.40. The first-order valence-corrected chi connectivity index (χ1v) is 6.92. The summed E-state index contributed by atoms with van der Waals surface area (Å²) in [4.78, 5) is 16.4. The van der Waals surface area contributed by atoms with Crippen LogP contribution in [0.15, 0.2) is 30.6 Å². The summed E-state index contributed by atoms with van der Waals surface area (Å²) in [5.41, 5.74) is 1.84. The number of imidazole rings is 1. The first-order valence-electron chi connectivity index (χ1n) is 6.92. The summed E-state index contributed by atoms with van der Waals surface area (Å²) in [7, 11) is 0. The second kappa shape index (κ2) is 6.52. The van der Waals surface area contributed by atoms with Crippen LogP contribution in [0.5, 0.6) is 0 Å². The van der Waals surface area contributed by atoms with Crippen LogP contribution in [0, 0.1) is 5.92 Å². The zero-order valence-electron chi connectivity index (χ0n) is 11.9. The van der Waals surface area contributed by atoms with Gasteiger partial charge in [-0.3, -0.25) is 4.79 Å². The van der Waals surface area contributed by atoms with E-state index in [1.165, 1.54) is 0 Å². The SMILES string of the molecule is CC(C)C(CCO)NC(=O)Cn1cnc2ccccc21. The number of benzene rings is 1. The van der Waals surface area contributed by atoms with Gasteiger partial charge in [0, 0.05) is 12.6 Å². The number of aromatic nitrogens is 2. The van der Waals surface area contributed by atoms with E-state index in [0.29, 0.717) is 12.3 Å². The minimum Gasteiger partial charge on any atom is -0.396 e. The largest absolute Gasteiger partial charge is 0.396 e. The number of nitrogens with zero attached hydrogens (tertiary/aromatic N) is 2. The molecule has 0 aliphatic carbocycles. The molecular weight excluding hydrogens is 254 g/mol. The molecule has 0 spiro atoms. The Morgan fingerprint density at radius 1 is 1.40 bits per heavy atom. The molecule has 0 saturated heterocycles. The average Bonchev–Trinajstić information content (AvgIpc) is 2.81. The van der Waals surface area contributed by atoms with Crippen LogP contribution >= 0.6 is 0 Å². The Morgan fingerprint density at radius 2 is 2.15 bits per heavy atom. The van der Waals surface area contributed by atoms with Crippen molar-refractivity contribution in [3.05, 3.63) is 30.6 Å². The lowest BCUT2D eigenvalue weighted by Gasteiger charge is -2.21. The normalized spacial score (nSPS) is 12.8. The van der Waals surface area contributed by atoms with Crippen LogP contribution in [-0.2, 0) is 11.3 Å². The van der Waals surface area contributed by atoms with Gasteiger partial charge in [-0.15, -0.1) is 0 Å². The molecule has 2 N–H and O–H groups in total. The number of nitrogens with one attached hydrogen (secondary N) is 1. The van der Waals surface area contributed by atoms with Gasteiger partial charge in [0.1, 0.15) is 6.54 Å². The molecule has 0 aliphatic heterocycles. The summed E-state index contributed by atoms with van der Waals surface area (Å²) in [6.45, 7) is 4.40. The molecule has 5 heteroatoms. The third-order valence-electron chi connectivity index (χ3n) is 3.43. The molecule has 1 amide bonds. The lowest BCUT2D eigenvalue weighted by atomic mass is 10.0. The number of hydrogen-bond acceptors (Lipinski definition) is 3. The van der Waals surface area contributed by atoms with Crippen molar-refractivity contribution in [3.63, 3.8) is 0 Å². The molecule has 0 bridgehead atoms. The molecule has 108 valence electrons. The minimum absolute atomic E-state index is 0.00212. The molecule has 1 unspecified atom stereocenters. The second-order valence-corrected chi connectivity index (χ2v) is 5.29. The van der Waals surface area contributed by atoms with E-state index < -0.39 is 0 Å². The molecule has 1 atom stereocenters. The van der Waals surface area contributed by atoms with Crippen molar-refractivity contribution in [2.45, 2.75) is 32.9 Å². The molecular formula is C15H21N3O2. The van der Waals surface area contributed by atoms with Crippen molar-refractivity contribution in [2.24, 2.45) is 5.92 Å². The molecule has 0 fully saturated rings. The summed E-state index contributed by atoms with van der Waals surface area (Å²) in [6, 6.07) is 7.73. The van der Waals surface area contributed by atoms with Crippen molar-refractivity contribution < 1.29 is 9.90 Å². The zero-order valence-corrected chi connectivity index (χ0v) is 11.9. The summed E-state index contributed by atoms with van der Waals surface area (Å²) >= 11 is 0. The smallest absolute Gasteiger partial charge is 0.240 e. The van der Waals surface area contributed by atoms with Gasteiger partial charge in [0.25, 0.3) is 0 Å². The van der Waals surface area contributed by atoms with E-state index >= 15 is 0 Å². The third-order valence-corrected chi connectivity index (χ3v) is 3.43. The van der Waals surface area contributed by atoms with Crippen molar-refractivity contribution in [3.8, 4) is 0 Å². The number of fused-ring (bicyclic) bond motifs is 1. The second-order valence-electron chi connectivity index (χ2n) is 5.29. The molecule has 1 aromatic carbocycles. The van der Waals surface area contributed by atoms with Gasteiger partial charge in [-0.1, -0.05) is 26.0 Å². The van der Waals surface area contributed by atoms with Gasteiger partial charge in [-0.2, -0.15) is 0 Å². The van der Waals surface area contributed by atoms with Crippen molar-refractivity contribution in [1.82, 2.24) is 14.9 Å². The Kier molecular flexibility index (Phi) is 4.74. The highest BCUT2D eigenvalue weighted by Gasteiger charge is 2.16. The van der Waals surface area contributed by atoms with Gasteiger partial charge < -0.3 is 15.0 Å². The van der Waals surface area contributed by atoms with E-state index in [1.54, 1.807) is 6.33 Å². The fourth-order valence-electron chi connectivity index (χ4n) is 2.25. The van der Waals surface area contributed by atoms with Crippen LogP contribution in [0.25, 0.3) is 11.0 Å². The number of aliphatic hydroxyl groups excluding tert-OH is 1. The highest BCUT2D eigenvalue weighted by molar-refractivity contribution is 5.80. The van der Waals surface area contributed by atoms with Gasteiger partial charge in [-0.25, -0.2) is 4.98 Å². The van der Waals surface area contributed by atoms with Crippen LogP contribution in [-0.4, -0.2) is 33.2 Å². The topological polar surface area (TPSA) is 67.2 Å². The predicted molar refractivity (Wildman–Crippen MR) is 78.2 cm³/mol. The van der Waals surface area contributed by atoms with Crippen molar-refractivity contribution in [1.29, 1.82) is 0 Å². The molecule has 5 nitrogen and oxygen atoms in total. The molecule has 20 heavy (non-hydrogen) atoms. The maximum absolute atomic E-state index is 12.1. The molecule has 0 aliphatic rings. The average molecular weight is 275 g/mol. The van der Waals surface area contributed by atoms with E-state index in [0.717, 1.165) is 11.0 Å². The fraction of sp³-hybridized carbons (Fsp3) is 0.467. The van der Waals surface area contributed by atoms with E-state index in [4.69, 9.17) is 5.11 Å². The van der Waals surface area contributed by atoms with Gasteiger partial charge in [0.15, 0.2) is 0 Å². The minimum atomic E-state index is -0.0553. The Morgan fingerprint density at radius 3 is 2.85 bits per heavy atom. The van der Waals surface area contributed by atoms with Crippen molar-refractivity contribution in [2.75, 3.05) is 6.61 Å². The molecule has 2 rings (SSSR count). The van der Waals surface area contributed by atoms with Crippen LogP contribution in [0.4, 0.5) is 0 Å². The zero-order chi connectivity index (χ0) is 14.5. The van der Waals surface area contributed by atoms with Gasteiger partial charge >= 0.3 is 0 Å². The molecule has 2 aromatic rings. The fourth-order valence-corrected chi connectivity index (χ4v) is 2.25. The first kappa shape index (κ1) is 14.5. The van der Waals surface area contributed by atoms with Gasteiger partial charge in [0.05, 0.1) is 17.4 Å². The highest BCUT2D eigenvalue weighted by atomic mass is 16.3. The Bertz CT molecular complexity index is 577. The van der Waals surface area contributed by atoms with E-state index in [2.05, 4.69) is 10.3 Å². The number of carbonyl (C=O) groups excluding carboxylic acids is 1. The Labute approximate surface area is 118 Å². The number of amides is 1. The number of para-hydroxylation sites is 2. The Hall–Kier alpha value is -1.88. The van der Waals surface area contributed by atoms with E-state index in [9.17, 15) is 4.79 Å². The summed E-state index contributed by atoms with van der Waals surface area (Å²) < 4.78 is 1.83. The van der Waals surface area contributed by atoms with E-state index in [-0.39, 0.29) is 25.1 Å². The quantitative estimate of drug-likeness (QED) is 0.840. The number of aliphatic hydroxyl groups is 1. The maximum atomic E-state index is 12.1. The third kappa shape index (κ3) is 3.36. The van der Waals surface area contributed by atoms with Gasteiger partial charge in [-0.05, 0) is 24.5 Å². The number of carbonyl (C=O) groups is 1. The van der Waals surface area contributed by atoms with Crippen molar-refractivity contribution >= 4 is 16.9 Å².